The standard InChI is InChI=1S/C28H22O6/c1-20(21-12-16-25(17-13-21)33-27(29)31-23-8-4-2-5-9-23)22-14-18-26(19-15-22)34-28(30)32-24-10-6-3-7-11-24/h2-20H,1H3. The predicted molar refractivity (Wildman–Crippen MR) is 127 cm³/mol. The number of hydrogen-bond acceptors (Lipinski definition) is 6. The zero-order valence-electron chi connectivity index (χ0n) is 18.4. The Morgan fingerprint density at radius 3 is 1.09 bits per heavy atom. The summed E-state index contributed by atoms with van der Waals surface area (Å²) in [6, 6.07) is 31.9. The lowest BCUT2D eigenvalue weighted by molar-refractivity contribution is 0.150. The molecule has 6 nitrogen and oxygen atoms in total. The summed E-state index contributed by atoms with van der Waals surface area (Å²) in [7, 11) is 0. The molecule has 34 heavy (non-hydrogen) atoms. The monoisotopic (exact) mass is 454 g/mol. The van der Waals surface area contributed by atoms with Gasteiger partial charge in [0, 0.05) is 5.92 Å². The average Bonchev–Trinajstić information content (AvgIpc) is 2.86. The van der Waals surface area contributed by atoms with Crippen LogP contribution in [-0.2, 0) is 0 Å². The van der Waals surface area contributed by atoms with E-state index in [1.54, 1.807) is 72.8 Å². The van der Waals surface area contributed by atoms with Crippen LogP contribution in [0.15, 0.2) is 109 Å². The molecule has 0 unspecified atom stereocenters. The summed E-state index contributed by atoms with van der Waals surface area (Å²) >= 11 is 0. The number of para-hydroxylation sites is 2. The number of carbonyl (C=O) groups is 2. The molecule has 0 saturated heterocycles. The van der Waals surface area contributed by atoms with Crippen molar-refractivity contribution in [1.82, 2.24) is 0 Å². The Hall–Kier alpha value is -4.58. The van der Waals surface area contributed by atoms with Crippen LogP contribution in [0.2, 0.25) is 0 Å². The fourth-order valence-corrected chi connectivity index (χ4v) is 3.25. The summed E-state index contributed by atoms with van der Waals surface area (Å²) in [5.41, 5.74) is 2.06. The number of ether oxygens (including phenoxy) is 4. The van der Waals surface area contributed by atoms with Crippen LogP contribution in [0.1, 0.15) is 24.0 Å². The van der Waals surface area contributed by atoms with E-state index in [1.165, 1.54) is 0 Å². The maximum absolute atomic E-state index is 11.9. The van der Waals surface area contributed by atoms with Crippen molar-refractivity contribution in [3.8, 4) is 23.0 Å². The van der Waals surface area contributed by atoms with Crippen LogP contribution in [0.4, 0.5) is 9.59 Å². The Kier molecular flexibility index (Phi) is 7.20. The van der Waals surface area contributed by atoms with E-state index in [-0.39, 0.29) is 5.92 Å². The molecule has 4 aromatic carbocycles. The van der Waals surface area contributed by atoms with Gasteiger partial charge in [0.15, 0.2) is 0 Å². The third kappa shape index (κ3) is 6.23. The molecule has 0 amide bonds. The molecule has 4 rings (SSSR count). The molecule has 4 aromatic rings. The highest BCUT2D eigenvalue weighted by Crippen LogP contribution is 2.27. The van der Waals surface area contributed by atoms with Crippen LogP contribution < -0.4 is 18.9 Å². The summed E-state index contributed by atoms with van der Waals surface area (Å²) in [6.45, 7) is 2.05. The Morgan fingerprint density at radius 1 is 0.471 bits per heavy atom. The van der Waals surface area contributed by atoms with E-state index in [0.29, 0.717) is 23.0 Å². The molecular formula is C28H22O6. The van der Waals surface area contributed by atoms with E-state index >= 15 is 0 Å². The summed E-state index contributed by atoms with van der Waals surface area (Å²) in [4.78, 5) is 23.9. The van der Waals surface area contributed by atoms with Gasteiger partial charge >= 0.3 is 12.3 Å². The molecule has 0 bridgehead atoms. The minimum Gasteiger partial charge on any atom is -0.395 e. The molecule has 0 aliphatic heterocycles. The molecule has 170 valence electrons. The number of hydrogen-bond donors (Lipinski definition) is 0. The first-order chi connectivity index (χ1) is 16.6. The first-order valence-electron chi connectivity index (χ1n) is 10.7. The average molecular weight is 454 g/mol. The van der Waals surface area contributed by atoms with E-state index in [9.17, 15) is 9.59 Å². The van der Waals surface area contributed by atoms with Crippen molar-refractivity contribution in [2.24, 2.45) is 0 Å². The minimum absolute atomic E-state index is 0.0654. The van der Waals surface area contributed by atoms with Crippen LogP contribution in [-0.4, -0.2) is 12.3 Å². The van der Waals surface area contributed by atoms with Crippen molar-refractivity contribution < 1.29 is 28.5 Å². The van der Waals surface area contributed by atoms with Gasteiger partial charge in [0.05, 0.1) is 0 Å². The van der Waals surface area contributed by atoms with Crippen LogP contribution in [0, 0.1) is 0 Å². The maximum atomic E-state index is 11.9. The van der Waals surface area contributed by atoms with Crippen LogP contribution in [0.5, 0.6) is 23.0 Å². The molecule has 0 fully saturated rings. The van der Waals surface area contributed by atoms with Gasteiger partial charge in [-0.1, -0.05) is 67.6 Å². The van der Waals surface area contributed by atoms with Crippen molar-refractivity contribution in [1.29, 1.82) is 0 Å². The van der Waals surface area contributed by atoms with Gasteiger partial charge in [0.1, 0.15) is 23.0 Å². The van der Waals surface area contributed by atoms with E-state index in [0.717, 1.165) is 11.1 Å². The maximum Gasteiger partial charge on any atom is 0.519 e. The Labute approximate surface area is 197 Å². The zero-order chi connectivity index (χ0) is 23.8. The van der Waals surface area contributed by atoms with Gasteiger partial charge in [0.25, 0.3) is 0 Å². The molecule has 0 aliphatic carbocycles. The van der Waals surface area contributed by atoms with Crippen molar-refractivity contribution >= 4 is 12.3 Å². The molecule has 0 N–H and O–H groups in total. The third-order valence-electron chi connectivity index (χ3n) is 5.05. The predicted octanol–water partition coefficient (Wildman–Crippen LogP) is 6.99. The van der Waals surface area contributed by atoms with Gasteiger partial charge in [-0.2, -0.15) is 0 Å². The van der Waals surface area contributed by atoms with Crippen molar-refractivity contribution in [2.75, 3.05) is 0 Å². The lowest BCUT2D eigenvalue weighted by Crippen LogP contribution is -2.13. The topological polar surface area (TPSA) is 71.1 Å². The van der Waals surface area contributed by atoms with E-state index in [1.807, 2.05) is 36.4 Å². The van der Waals surface area contributed by atoms with Crippen LogP contribution in [0.3, 0.4) is 0 Å². The van der Waals surface area contributed by atoms with Crippen molar-refractivity contribution in [3.63, 3.8) is 0 Å². The lowest BCUT2D eigenvalue weighted by atomic mass is 9.93. The molecule has 0 aromatic heterocycles. The second-order valence-electron chi connectivity index (χ2n) is 7.39. The highest BCUT2D eigenvalue weighted by atomic mass is 16.7. The van der Waals surface area contributed by atoms with E-state index < -0.39 is 12.3 Å². The van der Waals surface area contributed by atoms with Gasteiger partial charge in [-0.25, -0.2) is 9.59 Å². The summed E-state index contributed by atoms with van der Waals surface area (Å²) in [5, 5.41) is 0. The molecular weight excluding hydrogens is 432 g/mol. The fourth-order valence-electron chi connectivity index (χ4n) is 3.25. The summed E-state index contributed by atoms with van der Waals surface area (Å²) < 4.78 is 20.7. The first kappa shape index (κ1) is 22.6. The van der Waals surface area contributed by atoms with Gasteiger partial charge in [0.2, 0.25) is 0 Å². The van der Waals surface area contributed by atoms with Gasteiger partial charge in [-0.15, -0.1) is 0 Å². The molecule has 0 heterocycles. The third-order valence-corrected chi connectivity index (χ3v) is 5.05. The highest BCUT2D eigenvalue weighted by molar-refractivity contribution is 5.67. The number of benzene rings is 4. The Morgan fingerprint density at radius 2 is 0.765 bits per heavy atom. The van der Waals surface area contributed by atoms with Crippen molar-refractivity contribution in [2.45, 2.75) is 12.8 Å². The quantitative estimate of drug-likeness (QED) is 0.231. The second kappa shape index (κ2) is 10.8. The molecule has 0 atom stereocenters. The normalized spacial score (nSPS) is 10.4. The molecule has 0 radical (unpaired) electrons. The Balaban J connectivity index is 1.32. The zero-order valence-corrected chi connectivity index (χ0v) is 18.4. The Bertz CT molecular complexity index is 1120. The molecule has 0 saturated carbocycles. The van der Waals surface area contributed by atoms with E-state index in [2.05, 4.69) is 6.92 Å². The highest BCUT2D eigenvalue weighted by Gasteiger charge is 2.13. The van der Waals surface area contributed by atoms with Crippen molar-refractivity contribution in [3.05, 3.63) is 120 Å². The number of carbonyl (C=O) groups excluding carboxylic acids is 2. The lowest BCUT2D eigenvalue weighted by Gasteiger charge is -2.14. The molecule has 0 aliphatic rings. The first-order valence-corrected chi connectivity index (χ1v) is 10.7. The largest absolute Gasteiger partial charge is 0.519 e. The molecule has 6 heteroatoms. The van der Waals surface area contributed by atoms with Crippen LogP contribution in [0.25, 0.3) is 0 Å². The smallest absolute Gasteiger partial charge is 0.395 e. The van der Waals surface area contributed by atoms with Gasteiger partial charge in [-0.3, -0.25) is 0 Å². The summed E-state index contributed by atoms with van der Waals surface area (Å²) in [6.07, 6.45) is -1.60. The molecule has 0 spiro atoms. The number of rotatable bonds is 6. The van der Waals surface area contributed by atoms with Gasteiger partial charge in [-0.05, 0) is 59.7 Å². The second-order valence-corrected chi connectivity index (χ2v) is 7.39. The van der Waals surface area contributed by atoms with Crippen LogP contribution >= 0.6 is 0 Å². The SMILES string of the molecule is CC(c1ccc(OC(=O)Oc2ccccc2)cc1)c1ccc(OC(=O)Oc2ccccc2)cc1. The summed E-state index contributed by atoms with van der Waals surface area (Å²) in [5.74, 6) is 1.67. The minimum atomic E-state index is -0.798. The fraction of sp³-hybridized carbons (Fsp3) is 0.0714. The van der Waals surface area contributed by atoms with E-state index in [4.69, 9.17) is 18.9 Å². The van der Waals surface area contributed by atoms with Gasteiger partial charge < -0.3 is 18.9 Å².